The number of amides is 3. The van der Waals surface area contributed by atoms with Crippen molar-refractivity contribution < 1.29 is 19.1 Å². The van der Waals surface area contributed by atoms with Crippen LogP contribution in [0, 0.1) is 0 Å². The first kappa shape index (κ1) is 28.0. The van der Waals surface area contributed by atoms with Gasteiger partial charge in [-0.3, -0.25) is 19.3 Å². The molecule has 190 valence electrons. The second-order valence-corrected chi connectivity index (χ2v) is 11.6. The highest BCUT2D eigenvalue weighted by Gasteiger charge is 2.36. The van der Waals surface area contributed by atoms with Gasteiger partial charge in [-0.15, -0.1) is 0 Å². The summed E-state index contributed by atoms with van der Waals surface area (Å²) < 4.78 is 7.18. The summed E-state index contributed by atoms with van der Waals surface area (Å²) in [4.78, 5) is 38.8. The van der Waals surface area contributed by atoms with Crippen LogP contribution in [-0.2, 0) is 16.2 Å². The number of rotatable bonds is 7. The van der Waals surface area contributed by atoms with Crippen LogP contribution in [0.2, 0.25) is 15.1 Å². The zero-order valence-electron chi connectivity index (χ0n) is 18.6. The summed E-state index contributed by atoms with van der Waals surface area (Å²) in [7, 11) is 0. The molecule has 0 unspecified atom stereocenters. The monoisotopic (exact) mass is 702 g/mol. The molecule has 12 heteroatoms. The van der Waals surface area contributed by atoms with Gasteiger partial charge in [-0.25, -0.2) is 0 Å². The van der Waals surface area contributed by atoms with Crippen LogP contribution in [0.25, 0.3) is 6.08 Å². The second-order valence-electron chi connectivity index (χ2n) is 7.66. The molecule has 1 saturated heterocycles. The Morgan fingerprint density at radius 3 is 2.46 bits per heavy atom. The van der Waals surface area contributed by atoms with Gasteiger partial charge in [-0.05, 0) is 97.7 Å². The van der Waals surface area contributed by atoms with E-state index in [1.807, 2.05) is 0 Å². The van der Waals surface area contributed by atoms with Crippen LogP contribution in [0.5, 0.6) is 5.75 Å². The fourth-order valence-electron chi connectivity index (χ4n) is 3.22. The highest BCUT2D eigenvalue weighted by Crippen LogP contribution is 2.34. The van der Waals surface area contributed by atoms with Crippen molar-refractivity contribution in [3.8, 4) is 5.75 Å². The number of benzene rings is 3. The van der Waals surface area contributed by atoms with Gasteiger partial charge in [-0.1, -0.05) is 46.9 Å². The van der Waals surface area contributed by atoms with Crippen molar-refractivity contribution >= 4 is 107 Å². The average Bonchev–Trinajstić information content (AvgIpc) is 3.09. The van der Waals surface area contributed by atoms with Gasteiger partial charge in [0.25, 0.3) is 11.1 Å². The fourth-order valence-corrected chi connectivity index (χ4v) is 5.46. The molecule has 0 bridgehead atoms. The first-order valence-electron chi connectivity index (χ1n) is 10.5. The molecule has 1 aliphatic heterocycles. The third-order valence-corrected chi connectivity index (χ3v) is 8.38. The lowest BCUT2D eigenvalue weighted by Gasteiger charge is -2.13. The summed E-state index contributed by atoms with van der Waals surface area (Å²) in [5.41, 5.74) is 1.90. The summed E-state index contributed by atoms with van der Waals surface area (Å²) >= 11 is 25.7. The zero-order chi connectivity index (χ0) is 26.7. The Balaban J connectivity index is 1.40. The van der Waals surface area contributed by atoms with Gasteiger partial charge < -0.3 is 10.1 Å². The smallest absolute Gasteiger partial charge is 0.294 e. The Kier molecular flexibility index (Phi) is 9.26. The van der Waals surface area contributed by atoms with Crippen molar-refractivity contribution in [1.29, 1.82) is 0 Å². The van der Waals surface area contributed by atoms with Gasteiger partial charge in [0.15, 0.2) is 0 Å². The number of imide groups is 1. The molecule has 4 rings (SSSR count). The zero-order valence-corrected chi connectivity index (χ0v) is 24.8. The summed E-state index contributed by atoms with van der Waals surface area (Å²) in [6, 6.07) is 15.3. The van der Waals surface area contributed by atoms with Crippen LogP contribution in [-0.4, -0.2) is 28.5 Å². The minimum Gasteiger partial charge on any atom is -0.488 e. The lowest BCUT2D eigenvalue weighted by molar-refractivity contribution is -0.127. The molecule has 0 radical (unpaired) electrons. The minimum atomic E-state index is -0.548. The van der Waals surface area contributed by atoms with Crippen molar-refractivity contribution in [3.05, 3.63) is 94.6 Å². The average molecular weight is 706 g/mol. The molecule has 0 aliphatic carbocycles. The number of halogens is 5. The van der Waals surface area contributed by atoms with Crippen LogP contribution < -0.4 is 10.1 Å². The molecule has 0 aromatic heterocycles. The third kappa shape index (κ3) is 7.10. The van der Waals surface area contributed by atoms with E-state index in [9.17, 15) is 14.4 Å². The second kappa shape index (κ2) is 12.2. The molecular formula is C25H15Br2Cl3N2O4S. The summed E-state index contributed by atoms with van der Waals surface area (Å²) in [6.07, 6.45) is 1.59. The largest absolute Gasteiger partial charge is 0.488 e. The first-order valence-corrected chi connectivity index (χ1v) is 14.0. The number of anilines is 1. The number of thioether (sulfide) groups is 1. The molecule has 1 aliphatic rings. The molecule has 1 heterocycles. The van der Waals surface area contributed by atoms with Crippen molar-refractivity contribution in [1.82, 2.24) is 4.90 Å². The SMILES string of the molecule is O=C(CN1C(=O)S/C(=C/c2ccc(OCc3ccc(Cl)cc3Cl)c(Br)c2)C1=O)Nc1ccc(Br)c(Cl)c1. The molecule has 3 aromatic rings. The fraction of sp³-hybridized carbons (Fsp3) is 0.0800. The predicted octanol–water partition coefficient (Wildman–Crippen LogP) is 8.43. The Bertz CT molecular complexity index is 1450. The topological polar surface area (TPSA) is 75.7 Å². The van der Waals surface area contributed by atoms with Gasteiger partial charge >= 0.3 is 0 Å². The van der Waals surface area contributed by atoms with Crippen LogP contribution in [0.15, 0.2) is 68.4 Å². The number of nitrogens with one attached hydrogen (secondary N) is 1. The summed E-state index contributed by atoms with van der Waals surface area (Å²) in [5, 5.41) is 3.57. The van der Waals surface area contributed by atoms with Crippen molar-refractivity contribution in [2.75, 3.05) is 11.9 Å². The number of carbonyl (C=O) groups is 3. The van der Waals surface area contributed by atoms with Gasteiger partial charge in [0.2, 0.25) is 5.91 Å². The van der Waals surface area contributed by atoms with E-state index in [0.717, 1.165) is 22.2 Å². The Morgan fingerprint density at radius 1 is 0.973 bits per heavy atom. The maximum atomic E-state index is 12.8. The van der Waals surface area contributed by atoms with Crippen LogP contribution in [0.4, 0.5) is 10.5 Å². The lowest BCUT2D eigenvalue weighted by Crippen LogP contribution is -2.36. The number of ether oxygens (including phenoxy) is 1. The number of carbonyl (C=O) groups excluding carboxylic acids is 3. The van der Waals surface area contributed by atoms with E-state index in [1.165, 1.54) is 0 Å². The highest BCUT2D eigenvalue weighted by atomic mass is 79.9. The molecular weight excluding hydrogens is 691 g/mol. The van der Waals surface area contributed by atoms with E-state index in [4.69, 9.17) is 39.5 Å². The summed E-state index contributed by atoms with van der Waals surface area (Å²) in [6.45, 7) is -0.180. The van der Waals surface area contributed by atoms with E-state index >= 15 is 0 Å². The molecule has 37 heavy (non-hydrogen) atoms. The molecule has 1 fully saturated rings. The standard InChI is InChI=1S/C25H15Br2Cl3N2O4S/c26-17-5-4-16(10-20(17)30)31-23(33)11-32-24(34)22(37-25(32)35)8-13-1-6-21(18(27)7-13)36-12-14-2-3-15(28)9-19(14)29/h1-10H,11-12H2,(H,31,33)/b22-8+. The molecule has 3 amide bonds. The maximum Gasteiger partial charge on any atom is 0.294 e. The van der Waals surface area contributed by atoms with Crippen LogP contribution in [0.3, 0.4) is 0 Å². The first-order chi connectivity index (χ1) is 17.6. The number of hydrogen-bond acceptors (Lipinski definition) is 5. The van der Waals surface area contributed by atoms with Crippen LogP contribution in [0.1, 0.15) is 11.1 Å². The molecule has 3 aromatic carbocycles. The Labute approximate surface area is 248 Å². The minimum absolute atomic E-state index is 0.206. The molecule has 6 nitrogen and oxygen atoms in total. The van der Waals surface area contributed by atoms with Gasteiger partial charge in [0.1, 0.15) is 18.9 Å². The van der Waals surface area contributed by atoms with Gasteiger partial charge in [0.05, 0.1) is 14.4 Å². The van der Waals surface area contributed by atoms with E-state index < -0.39 is 23.6 Å². The molecule has 0 spiro atoms. The van der Waals surface area contributed by atoms with E-state index in [0.29, 0.717) is 41.0 Å². The van der Waals surface area contributed by atoms with Crippen molar-refractivity contribution in [3.63, 3.8) is 0 Å². The molecule has 1 N–H and O–H groups in total. The predicted molar refractivity (Wildman–Crippen MR) is 155 cm³/mol. The van der Waals surface area contributed by atoms with E-state index in [1.54, 1.807) is 60.7 Å². The van der Waals surface area contributed by atoms with Gasteiger partial charge in [0, 0.05) is 25.8 Å². The Hall–Kier alpha value is -2.01. The Morgan fingerprint density at radius 2 is 1.76 bits per heavy atom. The molecule has 0 saturated carbocycles. The van der Waals surface area contributed by atoms with Crippen LogP contribution >= 0.6 is 78.4 Å². The molecule has 0 atom stereocenters. The number of hydrogen-bond donors (Lipinski definition) is 1. The van der Waals surface area contributed by atoms with Crippen molar-refractivity contribution in [2.45, 2.75) is 6.61 Å². The normalized spacial score (nSPS) is 14.4. The summed E-state index contributed by atoms with van der Waals surface area (Å²) in [5.74, 6) is -0.499. The van der Waals surface area contributed by atoms with E-state index in [-0.39, 0.29) is 11.5 Å². The highest BCUT2D eigenvalue weighted by molar-refractivity contribution is 9.10. The quantitative estimate of drug-likeness (QED) is 0.250. The van der Waals surface area contributed by atoms with Crippen molar-refractivity contribution in [2.24, 2.45) is 0 Å². The van der Waals surface area contributed by atoms with Gasteiger partial charge in [-0.2, -0.15) is 0 Å². The van der Waals surface area contributed by atoms with E-state index in [2.05, 4.69) is 37.2 Å². The number of nitrogens with zero attached hydrogens (tertiary/aromatic N) is 1. The lowest BCUT2D eigenvalue weighted by atomic mass is 10.2. The maximum absolute atomic E-state index is 12.8. The third-order valence-electron chi connectivity index (χ3n) is 5.03.